The highest BCUT2D eigenvalue weighted by Gasteiger charge is 2.51. The first-order chi connectivity index (χ1) is 8.81. The molecule has 100 valence electrons. The topological polar surface area (TPSA) is 29.1 Å². The number of carbonyl (C=O) groups excluding carboxylic acids is 1. The lowest BCUT2D eigenvalue weighted by atomic mass is 9.50. The number of nitrogens with one attached hydrogen (secondary N) is 1. The van der Waals surface area contributed by atoms with E-state index in [1.165, 1.54) is 44.9 Å². The van der Waals surface area contributed by atoms with Gasteiger partial charge in [0.25, 0.3) is 0 Å². The minimum absolute atomic E-state index is 0.210. The number of piperidine rings is 1. The van der Waals surface area contributed by atoms with Crippen molar-refractivity contribution in [2.75, 3.05) is 6.54 Å². The van der Waals surface area contributed by atoms with E-state index < -0.39 is 0 Å². The Kier molecular flexibility index (Phi) is 2.76. The van der Waals surface area contributed by atoms with E-state index in [9.17, 15) is 4.79 Å². The lowest BCUT2D eigenvalue weighted by molar-refractivity contribution is -0.138. The highest BCUT2D eigenvalue weighted by Crippen LogP contribution is 2.57. The largest absolute Gasteiger partial charge is 0.307 e. The van der Waals surface area contributed by atoms with E-state index >= 15 is 0 Å². The normalized spacial score (nSPS) is 50.4. The summed E-state index contributed by atoms with van der Waals surface area (Å²) in [6, 6.07) is 0.210. The molecule has 1 saturated heterocycles. The SMILES string of the molecule is O=C(C1CCCCN1)C1C2CC3CC(C2)CC1C3. The number of carbonyl (C=O) groups is 1. The summed E-state index contributed by atoms with van der Waals surface area (Å²) in [5.74, 6) is 4.53. The van der Waals surface area contributed by atoms with Crippen molar-refractivity contribution in [3.05, 3.63) is 0 Å². The van der Waals surface area contributed by atoms with Gasteiger partial charge in [-0.15, -0.1) is 0 Å². The minimum atomic E-state index is 0.210. The van der Waals surface area contributed by atoms with E-state index in [1.54, 1.807) is 0 Å². The molecule has 5 rings (SSSR count). The molecule has 0 aromatic rings. The zero-order chi connectivity index (χ0) is 12.1. The van der Waals surface area contributed by atoms with Crippen molar-refractivity contribution in [2.24, 2.45) is 29.6 Å². The predicted octanol–water partition coefficient (Wildman–Crippen LogP) is 2.77. The van der Waals surface area contributed by atoms with Gasteiger partial charge in [-0.2, -0.15) is 0 Å². The van der Waals surface area contributed by atoms with Crippen LogP contribution in [0.1, 0.15) is 51.4 Å². The number of ketones is 1. The van der Waals surface area contributed by atoms with Gasteiger partial charge < -0.3 is 5.32 Å². The van der Waals surface area contributed by atoms with Crippen LogP contribution in [0.25, 0.3) is 0 Å². The van der Waals surface area contributed by atoms with Crippen LogP contribution in [-0.2, 0) is 4.79 Å². The van der Waals surface area contributed by atoms with Gasteiger partial charge in [0.05, 0.1) is 6.04 Å². The maximum absolute atomic E-state index is 12.8. The average Bonchev–Trinajstić information content (AvgIpc) is 2.38. The van der Waals surface area contributed by atoms with Gasteiger partial charge in [-0.3, -0.25) is 4.79 Å². The van der Waals surface area contributed by atoms with Crippen LogP contribution in [0.4, 0.5) is 0 Å². The van der Waals surface area contributed by atoms with Gasteiger partial charge in [-0.05, 0) is 75.2 Å². The molecule has 5 aliphatic rings. The van der Waals surface area contributed by atoms with E-state index in [-0.39, 0.29) is 6.04 Å². The molecule has 4 saturated carbocycles. The van der Waals surface area contributed by atoms with Crippen LogP contribution in [0.3, 0.4) is 0 Å². The minimum Gasteiger partial charge on any atom is -0.307 e. The molecule has 5 fully saturated rings. The Morgan fingerprint density at radius 3 is 2.11 bits per heavy atom. The molecular formula is C16H25NO. The van der Waals surface area contributed by atoms with Crippen molar-refractivity contribution in [3.8, 4) is 0 Å². The second kappa shape index (κ2) is 4.33. The van der Waals surface area contributed by atoms with Crippen molar-refractivity contribution in [3.63, 3.8) is 0 Å². The number of Topliss-reactive ketones (excluding diaryl/α,β-unsaturated/α-hetero) is 1. The van der Waals surface area contributed by atoms with Gasteiger partial charge in [-0.25, -0.2) is 0 Å². The van der Waals surface area contributed by atoms with E-state index in [2.05, 4.69) is 5.32 Å². The number of rotatable bonds is 2. The van der Waals surface area contributed by atoms with Gasteiger partial charge in [-0.1, -0.05) is 6.42 Å². The lowest BCUT2D eigenvalue weighted by Gasteiger charge is -2.54. The smallest absolute Gasteiger partial charge is 0.153 e. The second-order valence-corrected chi connectivity index (χ2v) is 7.36. The summed E-state index contributed by atoms with van der Waals surface area (Å²) in [7, 11) is 0. The molecule has 4 bridgehead atoms. The Morgan fingerprint density at radius 1 is 0.889 bits per heavy atom. The van der Waals surface area contributed by atoms with Gasteiger partial charge >= 0.3 is 0 Å². The summed E-state index contributed by atoms with van der Waals surface area (Å²) in [5.41, 5.74) is 0. The summed E-state index contributed by atoms with van der Waals surface area (Å²) >= 11 is 0. The third-order valence-electron chi connectivity index (χ3n) is 6.21. The van der Waals surface area contributed by atoms with Crippen LogP contribution in [0.5, 0.6) is 0 Å². The van der Waals surface area contributed by atoms with Crippen molar-refractivity contribution >= 4 is 5.78 Å². The molecule has 1 aliphatic heterocycles. The molecule has 0 aromatic heterocycles. The lowest BCUT2D eigenvalue weighted by Crippen LogP contribution is -2.53. The van der Waals surface area contributed by atoms with Gasteiger partial charge in [0.15, 0.2) is 5.78 Å². The Hall–Kier alpha value is -0.370. The molecule has 4 aliphatic carbocycles. The standard InChI is InChI=1S/C16H25NO/c18-16(14-3-1-2-4-17-14)15-12-6-10-5-11(8-12)9-13(15)7-10/h10-15,17H,1-9H2. The van der Waals surface area contributed by atoms with Crippen LogP contribution in [0, 0.1) is 29.6 Å². The first-order valence-corrected chi connectivity index (χ1v) is 8.08. The molecule has 1 heterocycles. The summed E-state index contributed by atoms with van der Waals surface area (Å²) in [6.07, 6.45) is 10.6. The maximum Gasteiger partial charge on any atom is 0.153 e. The fourth-order valence-corrected chi connectivity index (χ4v) is 5.72. The van der Waals surface area contributed by atoms with E-state index in [4.69, 9.17) is 0 Å². The van der Waals surface area contributed by atoms with Crippen LogP contribution in [0.2, 0.25) is 0 Å². The van der Waals surface area contributed by atoms with Crippen LogP contribution >= 0.6 is 0 Å². The van der Waals surface area contributed by atoms with E-state index in [0.29, 0.717) is 11.7 Å². The Bertz CT molecular complexity index is 317. The molecule has 2 heteroatoms. The van der Waals surface area contributed by atoms with Crippen molar-refractivity contribution in [2.45, 2.75) is 57.4 Å². The van der Waals surface area contributed by atoms with Gasteiger partial charge in [0.1, 0.15) is 0 Å². The highest BCUT2D eigenvalue weighted by atomic mass is 16.1. The molecule has 1 unspecified atom stereocenters. The first-order valence-electron chi connectivity index (χ1n) is 8.08. The summed E-state index contributed by atoms with van der Waals surface area (Å²) in [5, 5.41) is 3.48. The molecule has 1 atom stereocenters. The zero-order valence-corrected chi connectivity index (χ0v) is 11.2. The third kappa shape index (κ3) is 1.76. The predicted molar refractivity (Wildman–Crippen MR) is 71.2 cm³/mol. The summed E-state index contributed by atoms with van der Waals surface area (Å²) in [4.78, 5) is 12.8. The first kappa shape index (κ1) is 11.5. The van der Waals surface area contributed by atoms with Crippen molar-refractivity contribution < 1.29 is 4.79 Å². The van der Waals surface area contributed by atoms with E-state index in [1.807, 2.05) is 0 Å². The fourth-order valence-electron chi connectivity index (χ4n) is 5.72. The quantitative estimate of drug-likeness (QED) is 0.813. The Labute approximate surface area is 110 Å². The molecule has 2 nitrogen and oxygen atoms in total. The third-order valence-corrected chi connectivity index (χ3v) is 6.21. The second-order valence-electron chi connectivity index (χ2n) is 7.36. The molecule has 0 aromatic carbocycles. The van der Waals surface area contributed by atoms with Crippen LogP contribution < -0.4 is 5.32 Å². The van der Waals surface area contributed by atoms with Gasteiger partial charge in [0.2, 0.25) is 0 Å². The molecule has 0 spiro atoms. The fraction of sp³-hybridized carbons (Fsp3) is 0.938. The van der Waals surface area contributed by atoms with Crippen molar-refractivity contribution in [1.29, 1.82) is 0 Å². The average molecular weight is 247 g/mol. The zero-order valence-electron chi connectivity index (χ0n) is 11.2. The summed E-state index contributed by atoms with van der Waals surface area (Å²) < 4.78 is 0. The molecule has 18 heavy (non-hydrogen) atoms. The van der Waals surface area contributed by atoms with Crippen LogP contribution in [0.15, 0.2) is 0 Å². The van der Waals surface area contributed by atoms with Gasteiger partial charge in [0, 0.05) is 5.92 Å². The molecular weight excluding hydrogens is 222 g/mol. The van der Waals surface area contributed by atoms with Crippen LogP contribution in [-0.4, -0.2) is 18.4 Å². The van der Waals surface area contributed by atoms with E-state index in [0.717, 1.165) is 36.6 Å². The Morgan fingerprint density at radius 2 is 1.56 bits per heavy atom. The molecule has 1 N–H and O–H groups in total. The number of hydrogen-bond donors (Lipinski definition) is 1. The molecule has 0 radical (unpaired) electrons. The highest BCUT2D eigenvalue weighted by molar-refractivity contribution is 5.87. The monoisotopic (exact) mass is 247 g/mol. The molecule has 0 amide bonds. The Balaban J connectivity index is 1.52. The van der Waals surface area contributed by atoms with Crippen molar-refractivity contribution in [1.82, 2.24) is 5.32 Å². The maximum atomic E-state index is 12.8. The number of hydrogen-bond acceptors (Lipinski definition) is 2. The summed E-state index contributed by atoms with van der Waals surface area (Å²) in [6.45, 7) is 1.06.